The molecule has 2 aromatic rings. The summed E-state index contributed by atoms with van der Waals surface area (Å²) in [5.41, 5.74) is 1.54. The van der Waals surface area contributed by atoms with E-state index in [4.69, 9.17) is 0 Å². The Morgan fingerprint density at radius 1 is 1.48 bits per heavy atom. The lowest BCUT2D eigenvalue weighted by Gasteiger charge is -2.02. The van der Waals surface area contributed by atoms with Crippen molar-refractivity contribution in [1.29, 1.82) is 5.26 Å². The Bertz CT molecular complexity index is 687. The molecule has 2 heterocycles. The molecule has 106 valence electrons. The van der Waals surface area contributed by atoms with Gasteiger partial charge in [-0.05, 0) is 42.1 Å². The fourth-order valence-electron chi connectivity index (χ4n) is 1.89. The van der Waals surface area contributed by atoms with Crippen molar-refractivity contribution in [2.45, 2.75) is 23.9 Å². The van der Waals surface area contributed by atoms with E-state index in [1.165, 1.54) is 11.8 Å². The van der Waals surface area contributed by atoms with Crippen molar-refractivity contribution in [3.63, 3.8) is 0 Å². The van der Waals surface area contributed by atoms with Gasteiger partial charge in [0.1, 0.15) is 11.6 Å². The first-order chi connectivity index (χ1) is 10.3. The van der Waals surface area contributed by atoms with Crippen LogP contribution in [0.3, 0.4) is 0 Å². The van der Waals surface area contributed by atoms with Gasteiger partial charge in [0.25, 0.3) is 5.03 Å². The number of nitrogens with zero attached hydrogens (tertiary/aromatic N) is 1. The van der Waals surface area contributed by atoms with Crippen molar-refractivity contribution in [3.05, 3.63) is 35.2 Å². The predicted octanol–water partition coefficient (Wildman–Crippen LogP) is 2.47. The Kier molecular flexibility index (Phi) is 4.23. The molecule has 6 heteroatoms. The second-order valence-corrected chi connectivity index (χ2v) is 6.77. The second kappa shape index (κ2) is 6.29. The number of pyridine rings is 1. The molecule has 4 nitrogen and oxygen atoms in total. The number of aromatic nitrogens is 1. The van der Waals surface area contributed by atoms with Crippen LogP contribution < -0.4 is 10.3 Å². The van der Waals surface area contributed by atoms with Crippen LogP contribution in [-0.4, -0.2) is 17.7 Å². The van der Waals surface area contributed by atoms with Gasteiger partial charge in [0.2, 0.25) is 11.6 Å². The predicted molar refractivity (Wildman–Crippen MR) is 82.9 cm³/mol. The van der Waals surface area contributed by atoms with Crippen molar-refractivity contribution in [1.82, 2.24) is 5.32 Å². The van der Waals surface area contributed by atoms with Crippen molar-refractivity contribution in [2.24, 2.45) is 0 Å². The van der Waals surface area contributed by atoms with E-state index >= 15 is 0 Å². The number of carbonyl (C=O) groups excluding carboxylic acids is 1. The number of amides is 1. The Morgan fingerprint density at radius 3 is 3.00 bits per heavy atom. The molecule has 0 atom stereocenters. The highest BCUT2D eigenvalue weighted by Gasteiger charge is 2.24. The number of rotatable bonds is 5. The number of thiophene rings is 1. The second-order valence-electron chi connectivity index (χ2n) is 4.83. The van der Waals surface area contributed by atoms with Crippen LogP contribution in [0.25, 0.3) is 10.6 Å². The van der Waals surface area contributed by atoms with Crippen molar-refractivity contribution in [2.75, 3.05) is 5.75 Å². The van der Waals surface area contributed by atoms with E-state index in [-0.39, 0.29) is 5.91 Å². The summed E-state index contributed by atoms with van der Waals surface area (Å²) in [6, 6.07) is 10.2. The van der Waals surface area contributed by atoms with E-state index in [9.17, 15) is 10.1 Å². The lowest BCUT2D eigenvalue weighted by atomic mass is 10.2. The van der Waals surface area contributed by atoms with Gasteiger partial charge in [-0.2, -0.15) is 10.2 Å². The molecule has 0 saturated heterocycles. The Balaban J connectivity index is 1.74. The lowest BCUT2D eigenvalue weighted by Crippen LogP contribution is -2.27. The van der Waals surface area contributed by atoms with Crippen molar-refractivity contribution in [3.8, 4) is 16.6 Å². The summed E-state index contributed by atoms with van der Waals surface area (Å²) < 4.78 is 0. The number of thioether (sulfide) groups is 1. The van der Waals surface area contributed by atoms with Gasteiger partial charge in [0.15, 0.2) is 0 Å². The molecule has 1 aliphatic rings. The summed E-state index contributed by atoms with van der Waals surface area (Å²) in [7, 11) is 0. The SMILES string of the molecule is N#Cc1ccc(-c2cccs2)[nH+]c1SCC(=O)NC1CC1. The summed E-state index contributed by atoms with van der Waals surface area (Å²) in [6.45, 7) is 0. The van der Waals surface area contributed by atoms with Crippen LogP contribution in [0.2, 0.25) is 0 Å². The van der Waals surface area contributed by atoms with Crippen LogP contribution in [0, 0.1) is 11.3 Å². The monoisotopic (exact) mass is 316 g/mol. The summed E-state index contributed by atoms with van der Waals surface area (Å²) >= 11 is 3.01. The number of nitriles is 1. The smallest absolute Gasteiger partial charge is 0.257 e. The molecule has 0 aromatic carbocycles. The zero-order chi connectivity index (χ0) is 14.7. The summed E-state index contributed by atoms with van der Waals surface area (Å²) in [5.74, 6) is 0.358. The third kappa shape index (κ3) is 3.63. The van der Waals surface area contributed by atoms with Gasteiger partial charge in [-0.25, -0.2) is 0 Å². The maximum Gasteiger partial charge on any atom is 0.257 e. The topological polar surface area (TPSA) is 67.0 Å². The molecule has 1 aliphatic carbocycles. The summed E-state index contributed by atoms with van der Waals surface area (Å²) in [6.07, 6.45) is 2.17. The number of hydrogen-bond donors (Lipinski definition) is 1. The van der Waals surface area contributed by atoms with E-state index in [2.05, 4.69) is 16.4 Å². The number of H-pyrrole nitrogens is 1. The van der Waals surface area contributed by atoms with E-state index < -0.39 is 0 Å². The fourth-order valence-corrected chi connectivity index (χ4v) is 3.40. The van der Waals surface area contributed by atoms with Gasteiger partial charge in [0.05, 0.1) is 10.6 Å². The highest BCUT2D eigenvalue weighted by atomic mass is 32.2. The molecule has 0 bridgehead atoms. The van der Waals surface area contributed by atoms with Crippen molar-refractivity contribution < 1.29 is 9.78 Å². The average Bonchev–Trinajstić information content (AvgIpc) is 3.14. The minimum atomic E-state index is 0.0290. The summed E-state index contributed by atoms with van der Waals surface area (Å²) in [4.78, 5) is 16.1. The molecular weight excluding hydrogens is 302 g/mol. The zero-order valence-electron chi connectivity index (χ0n) is 11.3. The highest BCUT2D eigenvalue weighted by Crippen LogP contribution is 2.25. The van der Waals surface area contributed by atoms with E-state index in [0.29, 0.717) is 17.4 Å². The van der Waals surface area contributed by atoms with Crippen molar-refractivity contribution >= 4 is 29.0 Å². The van der Waals surface area contributed by atoms with Crippen LogP contribution in [-0.2, 0) is 4.79 Å². The summed E-state index contributed by atoms with van der Waals surface area (Å²) in [5, 5.41) is 14.9. The number of hydrogen-bond acceptors (Lipinski definition) is 4. The highest BCUT2D eigenvalue weighted by molar-refractivity contribution is 7.99. The third-order valence-corrected chi connectivity index (χ3v) is 5.03. The van der Waals surface area contributed by atoms with Gasteiger partial charge in [-0.1, -0.05) is 6.07 Å². The Hall–Kier alpha value is -1.84. The molecule has 1 fully saturated rings. The molecule has 0 unspecified atom stereocenters. The first-order valence-corrected chi connectivity index (χ1v) is 8.55. The minimum absolute atomic E-state index is 0.0290. The molecule has 1 amide bonds. The molecule has 3 rings (SSSR count). The molecule has 0 spiro atoms. The first kappa shape index (κ1) is 14.1. The van der Waals surface area contributed by atoms with E-state index in [1.54, 1.807) is 17.4 Å². The Morgan fingerprint density at radius 2 is 2.33 bits per heavy atom. The largest absolute Gasteiger partial charge is 0.353 e. The molecule has 0 radical (unpaired) electrons. The van der Waals surface area contributed by atoms with Crippen LogP contribution in [0.4, 0.5) is 0 Å². The lowest BCUT2D eigenvalue weighted by molar-refractivity contribution is -0.414. The molecule has 2 N–H and O–H groups in total. The molecule has 1 saturated carbocycles. The van der Waals surface area contributed by atoms with E-state index in [0.717, 1.165) is 28.4 Å². The number of aromatic amines is 1. The zero-order valence-corrected chi connectivity index (χ0v) is 12.9. The minimum Gasteiger partial charge on any atom is -0.353 e. The Labute approximate surface area is 131 Å². The van der Waals surface area contributed by atoms with Gasteiger partial charge < -0.3 is 5.32 Å². The molecule has 21 heavy (non-hydrogen) atoms. The fraction of sp³-hybridized carbons (Fsp3) is 0.267. The maximum absolute atomic E-state index is 11.8. The normalized spacial score (nSPS) is 13.7. The quantitative estimate of drug-likeness (QED) is 0.862. The van der Waals surface area contributed by atoms with Gasteiger partial charge >= 0.3 is 0 Å². The first-order valence-electron chi connectivity index (χ1n) is 6.69. The van der Waals surface area contributed by atoms with Crippen LogP contribution in [0.5, 0.6) is 0 Å². The van der Waals surface area contributed by atoms with Gasteiger partial charge in [-0.15, -0.1) is 11.3 Å². The molecular formula is C15H14N3OS2+. The van der Waals surface area contributed by atoms with Crippen LogP contribution in [0.1, 0.15) is 18.4 Å². The molecule has 0 aliphatic heterocycles. The number of carbonyl (C=O) groups is 1. The third-order valence-electron chi connectivity index (χ3n) is 3.11. The van der Waals surface area contributed by atoms with Crippen LogP contribution >= 0.6 is 23.1 Å². The van der Waals surface area contributed by atoms with E-state index in [1.807, 2.05) is 23.6 Å². The van der Waals surface area contributed by atoms with Gasteiger partial charge in [0, 0.05) is 12.1 Å². The van der Waals surface area contributed by atoms with Gasteiger partial charge in [-0.3, -0.25) is 4.79 Å². The van der Waals surface area contributed by atoms with Crippen LogP contribution in [0.15, 0.2) is 34.7 Å². The average molecular weight is 316 g/mol. The number of nitrogens with one attached hydrogen (secondary N) is 2. The maximum atomic E-state index is 11.8. The standard InChI is InChI=1S/C15H13N3OS2/c16-8-10-3-6-12(13-2-1-7-20-13)18-15(10)21-9-14(19)17-11-4-5-11/h1-3,6-7,11H,4-5,9H2,(H,17,19)/p+1. The molecule has 2 aromatic heterocycles.